The van der Waals surface area contributed by atoms with Gasteiger partial charge in [-0.3, -0.25) is 0 Å². The van der Waals surface area contributed by atoms with Crippen LogP contribution in [0.4, 0.5) is 0 Å². The Morgan fingerprint density at radius 1 is 1.33 bits per heavy atom. The summed E-state index contributed by atoms with van der Waals surface area (Å²) in [6.07, 6.45) is 1.25. The molecule has 0 aliphatic carbocycles. The number of ether oxygens (including phenoxy) is 1. The average Bonchev–Trinajstić information content (AvgIpc) is 2.34. The van der Waals surface area contributed by atoms with Gasteiger partial charge < -0.3 is 9.84 Å². The third-order valence-electron chi connectivity index (χ3n) is 2.34. The van der Waals surface area contributed by atoms with Crippen molar-refractivity contribution in [3.05, 3.63) is 52.7 Å². The maximum Gasteiger partial charge on any atom is 0.337 e. The lowest BCUT2D eigenvalue weighted by Gasteiger charge is -2.06. The largest absolute Gasteiger partial charge is 0.478 e. The Labute approximate surface area is 109 Å². The van der Waals surface area contributed by atoms with Crippen molar-refractivity contribution in [2.24, 2.45) is 0 Å². The second kappa shape index (κ2) is 5.06. The van der Waals surface area contributed by atoms with E-state index in [0.29, 0.717) is 16.7 Å². The molecule has 4 nitrogen and oxygen atoms in total. The standard InChI is InChI=1S/C13H10ClNO3/c1-8-6-10(3-4-11(8)14)18-12-5-2-9(7-15-12)13(16)17/h2-7H,1H3,(H,16,17). The summed E-state index contributed by atoms with van der Waals surface area (Å²) >= 11 is 5.90. The molecule has 18 heavy (non-hydrogen) atoms. The van der Waals surface area contributed by atoms with Crippen LogP contribution in [-0.2, 0) is 0 Å². The molecule has 0 saturated heterocycles. The number of hydrogen-bond acceptors (Lipinski definition) is 3. The molecule has 5 heteroatoms. The van der Waals surface area contributed by atoms with Crippen LogP contribution in [0.25, 0.3) is 0 Å². The summed E-state index contributed by atoms with van der Waals surface area (Å²) in [6.45, 7) is 1.87. The fraction of sp³-hybridized carbons (Fsp3) is 0.0769. The quantitative estimate of drug-likeness (QED) is 0.920. The summed E-state index contributed by atoms with van der Waals surface area (Å²) in [5, 5.41) is 9.40. The van der Waals surface area contributed by atoms with E-state index in [9.17, 15) is 4.79 Å². The summed E-state index contributed by atoms with van der Waals surface area (Å²) in [7, 11) is 0. The van der Waals surface area contributed by atoms with Gasteiger partial charge >= 0.3 is 5.97 Å². The van der Waals surface area contributed by atoms with Crippen LogP contribution >= 0.6 is 11.6 Å². The second-order valence-electron chi connectivity index (χ2n) is 3.70. The van der Waals surface area contributed by atoms with Crippen molar-refractivity contribution in [1.82, 2.24) is 4.98 Å². The molecule has 1 N–H and O–H groups in total. The zero-order valence-corrected chi connectivity index (χ0v) is 10.3. The van der Waals surface area contributed by atoms with Crippen LogP contribution in [0, 0.1) is 6.92 Å². The van der Waals surface area contributed by atoms with Crippen LogP contribution in [0.3, 0.4) is 0 Å². The van der Waals surface area contributed by atoms with Crippen molar-refractivity contribution < 1.29 is 14.6 Å². The number of carbonyl (C=O) groups is 1. The van der Waals surface area contributed by atoms with Gasteiger partial charge in [0, 0.05) is 17.3 Å². The van der Waals surface area contributed by atoms with E-state index in [1.54, 1.807) is 18.2 Å². The van der Waals surface area contributed by atoms with Crippen LogP contribution in [0.1, 0.15) is 15.9 Å². The lowest BCUT2D eigenvalue weighted by molar-refractivity contribution is 0.0696. The molecule has 1 aromatic carbocycles. The summed E-state index contributed by atoms with van der Waals surface area (Å²) in [6, 6.07) is 8.19. The lowest BCUT2D eigenvalue weighted by atomic mass is 10.2. The van der Waals surface area contributed by atoms with Gasteiger partial charge in [0.1, 0.15) is 5.75 Å². The predicted octanol–water partition coefficient (Wildman–Crippen LogP) is 3.53. The monoisotopic (exact) mass is 263 g/mol. The number of aromatic nitrogens is 1. The zero-order chi connectivity index (χ0) is 13.1. The number of aryl methyl sites for hydroxylation is 1. The minimum atomic E-state index is -1.02. The molecule has 92 valence electrons. The topological polar surface area (TPSA) is 59.4 Å². The third-order valence-corrected chi connectivity index (χ3v) is 2.76. The Morgan fingerprint density at radius 2 is 2.11 bits per heavy atom. The molecular weight excluding hydrogens is 254 g/mol. The fourth-order valence-electron chi connectivity index (χ4n) is 1.37. The molecule has 0 bridgehead atoms. The molecule has 1 heterocycles. The lowest BCUT2D eigenvalue weighted by Crippen LogP contribution is -1.97. The molecule has 0 unspecified atom stereocenters. The minimum absolute atomic E-state index is 0.120. The van der Waals surface area contributed by atoms with Crippen LogP contribution in [-0.4, -0.2) is 16.1 Å². The van der Waals surface area contributed by atoms with E-state index in [4.69, 9.17) is 21.4 Å². The molecule has 0 radical (unpaired) electrons. The molecule has 0 spiro atoms. The maximum absolute atomic E-state index is 10.7. The molecule has 2 rings (SSSR count). The Kier molecular flexibility index (Phi) is 3.48. The van der Waals surface area contributed by atoms with Crippen LogP contribution < -0.4 is 4.74 Å². The Bertz CT molecular complexity index is 581. The molecular formula is C13H10ClNO3. The predicted molar refractivity (Wildman–Crippen MR) is 67.5 cm³/mol. The van der Waals surface area contributed by atoms with Crippen molar-refractivity contribution in [2.75, 3.05) is 0 Å². The highest BCUT2D eigenvalue weighted by Crippen LogP contribution is 2.24. The SMILES string of the molecule is Cc1cc(Oc2ccc(C(=O)O)cn2)ccc1Cl. The van der Waals surface area contributed by atoms with Crippen molar-refractivity contribution >= 4 is 17.6 Å². The molecule has 0 atom stereocenters. The van der Waals surface area contributed by atoms with Gasteiger partial charge in [-0.1, -0.05) is 11.6 Å². The van der Waals surface area contributed by atoms with Gasteiger partial charge in [-0.15, -0.1) is 0 Å². The van der Waals surface area contributed by atoms with E-state index in [-0.39, 0.29) is 5.56 Å². The molecule has 2 aromatic rings. The van der Waals surface area contributed by atoms with Gasteiger partial charge in [0.2, 0.25) is 5.88 Å². The van der Waals surface area contributed by atoms with E-state index >= 15 is 0 Å². The van der Waals surface area contributed by atoms with E-state index in [0.717, 1.165) is 5.56 Å². The van der Waals surface area contributed by atoms with Crippen LogP contribution in [0.2, 0.25) is 5.02 Å². The maximum atomic E-state index is 10.7. The van der Waals surface area contributed by atoms with E-state index in [2.05, 4.69) is 4.98 Å². The average molecular weight is 264 g/mol. The van der Waals surface area contributed by atoms with Gasteiger partial charge in [-0.2, -0.15) is 0 Å². The summed E-state index contributed by atoms with van der Waals surface area (Å²) in [4.78, 5) is 14.6. The molecule has 0 aliphatic heterocycles. The number of carboxylic acids is 1. The zero-order valence-electron chi connectivity index (χ0n) is 9.55. The minimum Gasteiger partial charge on any atom is -0.478 e. The van der Waals surface area contributed by atoms with E-state index < -0.39 is 5.97 Å². The number of hydrogen-bond donors (Lipinski definition) is 1. The molecule has 0 fully saturated rings. The molecule has 1 aromatic heterocycles. The first-order chi connectivity index (χ1) is 8.56. The highest BCUT2D eigenvalue weighted by atomic mass is 35.5. The summed E-state index contributed by atoms with van der Waals surface area (Å²) < 4.78 is 5.49. The van der Waals surface area contributed by atoms with Gasteiger partial charge in [0.05, 0.1) is 5.56 Å². The number of aromatic carboxylic acids is 1. The number of rotatable bonds is 3. The van der Waals surface area contributed by atoms with Crippen LogP contribution in [0.15, 0.2) is 36.5 Å². The first kappa shape index (κ1) is 12.4. The third kappa shape index (κ3) is 2.78. The second-order valence-corrected chi connectivity index (χ2v) is 4.11. The number of nitrogens with zero attached hydrogens (tertiary/aromatic N) is 1. The fourth-order valence-corrected chi connectivity index (χ4v) is 1.49. The smallest absolute Gasteiger partial charge is 0.337 e. The molecule has 0 aliphatic rings. The highest BCUT2D eigenvalue weighted by Gasteiger charge is 2.05. The summed E-state index contributed by atoms with van der Waals surface area (Å²) in [5.74, 6) is -0.0782. The molecule has 0 amide bonds. The highest BCUT2D eigenvalue weighted by molar-refractivity contribution is 6.31. The van der Waals surface area contributed by atoms with E-state index in [1.807, 2.05) is 6.92 Å². The Morgan fingerprint density at radius 3 is 2.67 bits per heavy atom. The Balaban J connectivity index is 2.18. The number of carboxylic acid groups (broad SMARTS) is 1. The number of halogens is 1. The van der Waals surface area contributed by atoms with Crippen molar-refractivity contribution in [3.63, 3.8) is 0 Å². The van der Waals surface area contributed by atoms with Gasteiger partial charge in [0.15, 0.2) is 0 Å². The van der Waals surface area contributed by atoms with Gasteiger partial charge in [-0.25, -0.2) is 9.78 Å². The molecule has 0 saturated carbocycles. The van der Waals surface area contributed by atoms with E-state index in [1.165, 1.54) is 18.3 Å². The Hall–Kier alpha value is -2.07. The number of pyridine rings is 1. The van der Waals surface area contributed by atoms with Crippen molar-refractivity contribution in [2.45, 2.75) is 6.92 Å². The van der Waals surface area contributed by atoms with Crippen molar-refractivity contribution in [3.8, 4) is 11.6 Å². The van der Waals surface area contributed by atoms with Gasteiger partial charge in [0.25, 0.3) is 0 Å². The normalized spacial score (nSPS) is 10.1. The van der Waals surface area contributed by atoms with Gasteiger partial charge in [-0.05, 0) is 36.8 Å². The first-order valence-corrected chi connectivity index (χ1v) is 5.57. The first-order valence-electron chi connectivity index (χ1n) is 5.19. The van der Waals surface area contributed by atoms with Crippen LogP contribution in [0.5, 0.6) is 11.6 Å². The number of benzene rings is 1. The summed E-state index contributed by atoms with van der Waals surface area (Å²) in [5.41, 5.74) is 1.02. The van der Waals surface area contributed by atoms with Crippen molar-refractivity contribution in [1.29, 1.82) is 0 Å².